The maximum absolute atomic E-state index is 12.7. The van der Waals surface area contributed by atoms with E-state index in [1.54, 1.807) is 43.5 Å². The Kier molecular flexibility index (Phi) is 5.01. The highest BCUT2D eigenvalue weighted by molar-refractivity contribution is 7.12. The van der Waals surface area contributed by atoms with Crippen LogP contribution in [-0.2, 0) is 4.74 Å². The molecule has 4 rings (SSSR count). The number of aromatic nitrogens is 2. The molecule has 0 aliphatic rings. The van der Waals surface area contributed by atoms with Gasteiger partial charge < -0.3 is 14.9 Å². The minimum Gasteiger partial charge on any atom is -0.507 e. The van der Waals surface area contributed by atoms with E-state index in [1.165, 1.54) is 11.3 Å². The van der Waals surface area contributed by atoms with Gasteiger partial charge >= 0.3 is 5.97 Å². The molecule has 2 N–H and O–H groups in total. The predicted octanol–water partition coefficient (Wildman–Crippen LogP) is 4.15. The molecule has 0 radical (unpaired) electrons. The quantitative estimate of drug-likeness (QED) is 0.285. The number of hydrogen-bond acceptors (Lipinski definition) is 7. The van der Waals surface area contributed by atoms with Crippen molar-refractivity contribution >= 4 is 33.9 Å². The summed E-state index contributed by atoms with van der Waals surface area (Å²) in [7, 11) is 0. The van der Waals surface area contributed by atoms with Crippen LogP contribution >= 0.6 is 11.3 Å². The number of esters is 1. The number of aromatic hydroxyl groups is 2. The highest BCUT2D eigenvalue weighted by atomic mass is 32.1. The molecule has 0 atom stereocenters. The third-order valence-electron chi connectivity index (χ3n) is 4.89. The second-order valence-corrected chi connectivity index (χ2v) is 7.64. The molecule has 0 saturated heterocycles. The van der Waals surface area contributed by atoms with E-state index in [-0.39, 0.29) is 22.8 Å². The Morgan fingerprint density at radius 3 is 2.53 bits per heavy atom. The molecule has 30 heavy (non-hydrogen) atoms. The molecule has 0 bridgehead atoms. The fourth-order valence-corrected chi connectivity index (χ4v) is 4.20. The van der Waals surface area contributed by atoms with Gasteiger partial charge in [-0.2, -0.15) is 0 Å². The van der Waals surface area contributed by atoms with Gasteiger partial charge in [0.2, 0.25) is 5.78 Å². The molecular weight excluding hydrogens is 404 g/mol. The van der Waals surface area contributed by atoms with Gasteiger partial charge in [-0.15, -0.1) is 11.3 Å². The van der Waals surface area contributed by atoms with Crippen molar-refractivity contribution in [3.63, 3.8) is 0 Å². The molecular formula is C22H18N2O5S. The molecule has 2 aromatic carbocycles. The number of Topliss-reactive ketones (excluding diaryl/α,β-unsaturated/α-hetero) is 1. The molecule has 0 amide bonds. The summed E-state index contributed by atoms with van der Waals surface area (Å²) in [6.07, 6.45) is 1.69. The van der Waals surface area contributed by atoms with Crippen LogP contribution in [0.25, 0.3) is 15.9 Å². The van der Waals surface area contributed by atoms with Crippen LogP contribution in [0, 0.1) is 13.8 Å². The van der Waals surface area contributed by atoms with Crippen LogP contribution in [0.15, 0.2) is 48.0 Å². The Bertz CT molecular complexity index is 1270. The second kappa shape index (κ2) is 7.64. The normalized spacial score (nSPS) is 11.0. The molecule has 0 fully saturated rings. The van der Waals surface area contributed by atoms with Gasteiger partial charge in [0, 0.05) is 39.3 Å². The average Bonchev–Trinajstić information content (AvgIpc) is 3.36. The summed E-state index contributed by atoms with van der Waals surface area (Å²) in [4.78, 5) is 29.4. The van der Waals surface area contributed by atoms with Crippen LogP contribution in [-0.4, -0.2) is 38.1 Å². The number of thiazole rings is 1. The summed E-state index contributed by atoms with van der Waals surface area (Å²) >= 11 is 1.45. The zero-order valence-electron chi connectivity index (χ0n) is 16.2. The average molecular weight is 422 g/mol. The van der Waals surface area contributed by atoms with Crippen molar-refractivity contribution in [3.05, 3.63) is 70.5 Å². The van der Waals surface area contributed by atoms with Gasteiger partial charge in [-0.1, -0.05) is 24.3 Å². The number of benzene rings is 2. The molecule has 152 valence electrons. The Hall–Kier alpha value is -3.65. The van der Waals surface area contributed by atoms with E-state index in [2.05, 4.69) is 4.98 Å². The number of carbonyl (C=O) groups excluding carboxylic acids is 2. The van der Waals surface area contributed by atoms with Crippen molar-refractivity contribution in [3.8, 4) is 16.6 Å². The molecule has 0 aliphatic carbocycles. The van der Waals surface area contributed by atoms with E-state index < -0.39 is 12.6 Å². The minimum atomic E-state index is -0.893. The smallest absolute Gasteiger partial charge is 0.342 e. The van der Waals surface area contributed by atoms with E-state index in [0.717, 1.165) is 16.9 Å². The van der Waals surface area contributed by atoms with Crippen LogP contribution in [0.2, 0.25) is 0 Å². The van der Waals surface area contributed by atoms with Gasteiger partial charge in [0.25, 0.3) is 0 Å². The molecule has 0 spiro atoms. The molecule has 2 aromatic heterocycles. The molecule has 0 saturated carbocycles. The highest BCUT2D eigenvalue weighted by Crippen LogP contribution is 2.35. The van der Waals surface area contributed by atoms with Crippen molar-refractivity contribution < 1.29 is 24.5 Å². The second-order valence-electron chi connectivity index (χ2n) is 6.77. The fraction of sp³-hybridized carbons (Fsp3) is 0.136. The SMILES string of the molecule is Cc1cc(C(=O)COC(=O)c2cc(O)c3ccccc3c2O)c(C)n1-c1nccs1. The molecule has 4 aromatic rings. The van der Waals surface area contributed by atoms with Crippen molar-refractivity contribution in [1.29, 1.82) is 0 Å². The number of nitrogens with zero attached hydrogens (tertiary/aromatic N) is 2. The maximum atomic E-state index is 12.7. The first-order chi connectivity index (χ1) is 14.4. The van der Waals surface area contributed by atoms with Crippen LogP contribution in [0.1, 0.15) is 32.1 Å². The van der Waals surface area contributed by atoms with Gasteiger partial charge in [0.05, 0.1) is 0 Å². The van der Waals surface area contributed by atoms with Gasteiger partial charge in [-0.3, -0.25) is 9.36 Å². The maximum Gasteiger partial charge on any atom is 0.342 e. The number of fused-ring (bicyclic) bond motifs is 1. The summed E-state index contributed by atoms with van der Waals surface area (Å²) in [6, 6.07) is 9.46. The number of phenolic OH excluding ortho intramolecular Hbond substituents is 2. The highest BCUT2D eigenvalue weighted by Gasteiger charge is 2.22. The van der Waals surface area contributed by atoms with Crippen LogP contribution in [0.3, 0.4) is 0 Å². The lowest BCUT2D eigenvalue weighted by Gasteiger charge is -2.10. The van der Waals surface area contributed by atoms with Crippen LogP contribution in [0.4, 0.5) is 0 Å². The molecule has 2 heterocycles. The van der Waals surface area contributed by atoms with Gasteiger partial charge in [-0.25, -0.2) is 9.78 Å². The lowest BCUT2D eigenvalue weighted by molar-refractivity contribution is 0.0471. The first-order valence-electron chi connectivity index (χ1n) is 9.11. The fourth-order valence-electron chi connectivity index (χ4n) is 3.45. The third kappa shape index (κ3) is 3.31. The van der Waals surface area contributed by atoms with E-state index in [1.807, 2.05) is 16.9 Å². The van der Waals surface area contributed by atoms with Crippen molar-refractivity contribution in [1.82, 2.24) is 9.55 Å². The standard InChI is InChI=1S/C22H18N2O5S/c1-12-9-16(13(2)24(12)22-23-7-8-30-22)19(26)11-29-21(28)17-10-18(25)14-5-3-4-6-15(14)20(17)27/h3-10,25,27H,11H2,1-2H3. The summed E-state index contributed by atoms with van der Waals surface area (Å²) < 4.78 is 7.01. The van der Waals surface area contributed by atoms with Crippen molar-refractivity contribution in [2.24, 2.45) is 0 Å². The summed E-state index contributed by atoms with van der Waals surface area (Å²) in [5.74, 6) is -1.73. The van der Waals surface area contributed by atoms with Gasteiger partial charge in [0.15, 0.2) is 11.7 Å². The van der Waals surface area contributed by atoms with Gasteiger partial charge in [0.1, 0.15) is 17.1 Å². The van der Waals surface area contributed by atoms with E-state index in [0.29, 0.717) is 22.0 Å². The zero-order valence-corrected chi connectivity index (χ0v) is 17.1. The lowest BCUT2D eigenvalue weighted by Crippen LogP contribution is -2.15. The van der Waals surface area contributed by atoms with Crippen molar-refractivity contribution in [2.75, 3.05) is 6.61 Å². The number of phenols is 2. The number of carbonyl (C=O) groups is 2. The Balaban J connectivity index is 1.55. The zero-order chi connectivity index (χ0) is 21.4. The van der Waals surface area contributed by atoms with E-state index >= 15 is 0 Å². The Morgan fingerprint density at radius 2 is 1.83 bits per heavy atom. The number of ether oxygens (including phenoxy) is 1. The molecule has 0 aliphatic heterocycles. The Morgan fingerprint density at radius 1 is 1.10 bits per heavy atom. The van der Waals surface area contributed by atoms with Gasteiger partial charge in [-0.05, 0) is 26.0 Å². The summed E-state index contributed by atoms with van der Waals surface area (Å²) in [6.45, 7) is 3.18. The van der Waals surface area contributed by atoms with Crippen molar-refractivity contribution in [2.45, 2.75) is 13.8 Å². The largest absolute Gasteiger partial charge is 0.507 e. The first kappa shape index (κ1) is 19.7. The number of rotatable bonds is 5. The van der Waals surface area contributed by atoms with Crippen LogP contribution < -0.4 is 0 Å². The lowest BCUT2D eigenvalue weighted by atomic mass is 10.0. The molecule has 0 unspecified atom stereocenters. The van der Waals surface area contributed by atoms with Crippen LogP contribution in [0.5, 0.6) is 11.5 Å². The number of ketones is 1. The monoisotopic (exact) mass is 422 g/mol. The minimum absolute atomic E-state index is 0.159. The molecule has 8 heteroatoms. The third-order valence-corrected chi connectivity index (χ3v) is 5.65. The number of aryl methyl sites for hydroxylation is 1. The van der Waals surface area contributed by atoms with E-state index in [4.69, 9.17) is 4.74 Å². The number of hydrogen-bond donors (Lipinski definition) is 2. The van der Waals surface area contributed by atoms with E-state index in [9.17, 15) is 19.8 Å². The Labute approximate surface area is 175 Å². The first-order valence-corrected chi connectivity index (χ1v) is 9.99. The predicted molar refractivity (Wildman–Crippen MR) is 113 cm³/mol. The summed E-state index contributed by atoms with van der Waals surface area (Å²) in [5.41, 5.74) is 1.78. The summed E-state index contributed by atoms with van der Waals surface area (Å²) in [5, 5.41) is 23.9. The molecule has 7 nitrogen and oxygen atoms in total. The topological polar surface area (TPSA) is 102 Å².